The Labute approximate surface area is 116 Å². The second-order valence-electron chi connectivity index (χ2n) is 4.63. The monoisotopic (exact) mass is 311 g/mol. The van der Waals surface area contributed by atoms with Gasteiger partial charge in [-0.15, -0.1) is 0 Å². The van der Waals surface area contributed by atoms with Gasteiger partial charge in [-0.3, -0.25) is 4.79 Å². The molecule has 0 bridgehead atoms. The maximum absolute atomic E-state index is 12.1. The summed E-state index contributed by atoms with van der Waals surface area (Å²) in [5, 5.41) is 4.00. The summed E-state index contributed by atoms with van der Waals surface area (Å²) < 4.78 is 5.43. The predicted octanol–water partition coefficient (Wildman–Crippen LogP) is 2.91. The van der Waals surface area contributed by atoms with Crippen LogP contribution in [0.25, 0.3) is 0 Å². The van der Waals surface area contributed by atoms with Crippen LogP contribution >= 0.6 is 15.9 Å². The van der Waals surface area contributed by atoms with E-state index in [0.717, 1.165) is 48.1 Å². The number of hydrogen-bond acceptors (Lipinski definition) is 2. The number of nitrogens with one attached hydrogen (secondary N) is 1. The van der Waals surface area contributed by atoms with Gasteiger partial charge in [-0.1, -0.05) is 15.9 Å². The van der Waals surface area contributed by atoms with Gasteiger partial charge in [0, 0.05) is 23.4 Å². The average Bonchev–Trinajstić information content (AvgIpc) is 2.83. The summed E-state index contributed by atoms with van der Waals surface area (Å²) in [5.74, 6) is 0.922. The SMILES string of the molecule is CC(CCCBr)NC(=O)c1ccc2c(c1)CCO2. The van der Waals surface area contributed by atoms with E-state index in [1.54, 1.807) is 0 Å². The third kappa shape index (κ3) is 3.25. The molecule has 18 heavy (non-hydrogen) atoms. The number of ether oxygens (including phenoxy) is 1. The number of rotatable bonds is 5. The van der Waals surface area contributed by atoms with Gasteiger partial charge in [0.2, 0.25) is 0 Å². The van der Waals surface area contributed by atoms with E-state index in [1.807, 2.05) is 25.1 Å². The molecular formula is C14H18BrNO2. The molecule has 4 heteroatoms. The zero-order chi connectivity index (χ0) is 13.0. The van der Waals surface area contributed by atoms with E-state index in [1.165, 1.54) is 0 Å². The lowest BCUT2D eigenvalue weighted by Crippen LogP contribution is -2.32. The van der Waals surface area contributed by atoms with E-state index < -0.39 is 0 Å². The topological polar surface area (TPSA) is 38.3 Å². The number of alkyl halides is 1. The third-order valence-corrected chi connectivity index (χ3v) is 3.66. The number of carbonyl (C=O) groups is 1. The van der Waals surface area contributed by atoms with Crippen LogP contribution in [0.5, 0.6) is 5.75 Å². The van der Waals surface area contributed by atoms with E-state index in [4.69, 9.17) is 4.74 Å². The number of amides is 1. The molecule has 0 saturated heterocycles. The van der Waals surface area contributed by atoms with E-state index >= 15 is 0 Å². The molecule has 0 aromatic heterocycles. The maximum Gasteiger partial charge on any atom is 0.251 e. The summed E-state index contributed by atoms with van der Waals surface area (Å²) in [6.45, 7) is 2.76. The third-order valence-electron chi connectivity index (χ3n) is 3.10. The summed E-state index contributed by atoms with van der Waals surface area (Å²) in [6, 6.07) is 5.87. The Balaban J connectivity index is 1.96. The minimum atomic E-state index is 0.00627. The first-order valence-electron chi connectivity index (χ1n) is 6.33. The fourth-order valence-corrected chi connectivity index (χ4v) is 2.41. The van der Waals surface area contributed by atoms with Crippen molar-refractivity contribution in [2.45, 2.75) is 32.2 Å². The maximum atomic E-state index is 12.1. The minimum absolute atomic E-state index is 0.00627. The highest BCUT2D eigenvalue weighted by atomic mass is 79.9. The lowest BCUT2D eigenvalue weighted by Gasteiger charge is -2.13. The van der Waals surface area contributed by atoms with Crippen LogP contribution < -0.4 is 10.1 Å². The Morgan fingerprint density at radius 1 is 1.56 bits per heavy atom. The predicted molar refractivity (Wildman–Crippen MR) is 75.6 cm³/mol. The molecule has 0 radical (unpaired) electrons. The molecule has 1 aliphatic rings. The van der Waals surface area contributed by atoms with Crippen LogP contribution in [0, 0.1) is 0 Å². The van der Waals surface area contributed by atoms with Crippen LogP contribution in [0.2, 0.25) is 0 Å². The Bertz CT molecular complexity index is 434. The fourth-order valence-electron chi connectivity index (χ4n) is 2.09. The van der Waals surface area contributed by atoms with Crippen molar-refractivity contribution in [3.8, 4) is 5.75 Å². The lowest BCUT2D eigenvalue weighted by atomic mass is 10.1. The van der Waals surface area contributed by atoms with Crippen LogP contribution in [0.15, 0.2) is 18.2 Å². The molecule has 1 aromatic carbocycles. The van der Waals surface area contributed by atoms with Gasteiger partial charge in [-0.05, 0) is 43.5 Å². The second kappa shape index (κ2) is 6.23. The fraction of sp³-hybridized carbons (Fsp3) is 0.500. The first-order valence-corrected chi connectivity index (χ1v) is 7.45. The quantitative estimate of drug-likeness (QED) is 0.849. The Kier molecular flexibility index (Phi) is 4.64. The standard InChI is InChI=1S/C14H18BrNO2/c1-10(3-2-7-15)16-14(17)12-4-5-13-11(9-12)6-8-18-13/h4-5,9-10H,2-3,6-8H2,1H3,(H,16,17). The van der Waals surface area contributed by atoms with Crippen molar-refractivity contribution in [2.75, 3.05) is 11.9 Å². The van der Waals surface area contributed by atoms with Gasteiger partial charge in [0.1, 0.15) is 5.75 Å². The molecule has 1 aliphatic heterocycles. The van der Waals surface area contributed by atoms with Crippen LogP contribution in [-0.2, 0) is 6.42 Å². The van der Waals surface area contributed by atoms with Crippen molar-refractivity contribution in [3.63, 3.8) is 0 Å². The first-order chi connectivity index (χ1) is 8.70. The molecule has 3 nitrogen and oxygen atoms in total. The minimum Gasteiger partial charge on any atom is -0.493 e. The van der Waals surface area contributed by atoms with Gasteiger partial charge >= 0.3 is 0 Å². The highest BCUT2D eigenvalue weighted by Crippen LogP contribution is 2.25. The molecule has 1 heterocycles. The molecule has 1 aromatic rings. The number of fused-ring (bicyclic) bond motifs is 1. The second-order valence-corrected chi connectivity index (χ2v) is 5.42. The number of hydrogen-bond donors (Lipinski definition) is 1. The van der Waals surface area contributed by atoms with Crippen molar-refractivity contribution >= 4 is 21.8 Å². The van der Waals surface area contributed by atoms with E-state index in [9.17, 15) is 4.79 Å². The smallest absolute Gasteiger partial charge is 0.251 e. The van der Waals surface area contributed by atoms with Gasteiger partial charge in [-0.25, -0.2) is 0 Å². The van der Waals surface area contributed by atoms with Crippen LogP contribution in [0.4, 0.5) is 0 Å². The number of benzene rings is 1. The van der Waals surface area contributed by atoms with Gasteiger partial charge in [-0.2, -0.15) is 0 Å². The van der Waals surface area contributed by atoms with Crippen molar-refractivity contribution < 1.29 is 9.53 Å². The van der Waals surface area contributed by atoms with E-state index in [-0.39, 0.29) is 11.9 Å². The zero-order valence-electron chi connectivity index (χ0n) is 10.5. The molecular weight excluding hydrogens is 294 g/mol. The Hall–Kier alpha value is -1.03. The highest BCUT2D eigenvalue weighted by Gasteiger charge is 2.15. The molecule has 0 saturated carbocycles. The van der Waals surface area contributed by atoms with Gasteiger partial charge in [0.05, 0.1) is 6.61 Å². The summed E-state index contributed by atoms with van der Waals surface area (Å²) >= 11 is 3.40. The van der Waals surface area contributed by atoms with Crippen LogP contribution in [0.1, 0.15) is 35.7 Å². The van der Waals surface area contributed by atoms with Crippen molar-refractivity contribution in [2.24, 2.45) is 0 Å². The van der Waals surface area contributed by atoms with Gasteiger partial charge < -0.3 is 10.1 Å². The Morgan fingerprint density at radius 2 is 2.39 bits per heavy atom. The molecule has 1 atom stereocenters. The molecule has 98 valence electrons. The summed E-state index contributed by atoms with van der Waals surface area (Å²) in [5.41, 5.74) is 1.86. The van der Waals surface area contributed by atoms with Gasteiger partial charge in [0.25, 0.3) is 5.91 Å². The van der Waals surface area contributed by atoms with Crippen LogP contribution in [0.3, 0.4) is 0 Å². The Morgan fingerprint density at radius 3 is 3.17 bits per heavy atom. The molecule has 1 unspecified atom stereocenters. The first kappa shape index (κ1) is 13.4. The van der Waals surface area contributed by atoms with E-state index in [0.29, 0.717) is 0 Å². The van der Waals surface area contributed by atoms with E-state index in [2.05, 4.69) is 21.2 Å². The summed E-state index contributed by atoms with van der Waals surface area (Å²) in [7, 11) is 0. The van der Waals surface area contributed by atoms with Gasteiger partial charge in [0.15, 0.2) is 0 Å². The molecule has 2 rings (SSSR count). The molecule has 0 spiro atoms. The molecule has 0 aliphatic carbocycles. The van der Waals surface area contributed by atoms with Crippen LogP contribution in [-0.4, -0.2) is 23.9 Å². The van der Waals surface area contributed by atoms with Crippen molar-refractivity contribution in [3.05, 3.63) is 29.3 Å². The lowest BCUT2D eigenvalue weighted by molar-refractivity contribution is 0.0938. The number of carbonyl (C=O) groups excluding carboxylic acids is 1. The molecule has 1 N–H and O–H groups in total. The normalized spacial score (nSPS) is 14.8. The summed E-state index contributed by atoms with van der Waals surface area (Å²) in [6.07, 6.45) is 2.96. The average molecular weight is 312 g/mol. The largest absolute Gasteiger partial charge is 0.493 e. The molecule has 0 fully saturated rings. The zero-order valence-corrected chi connectivity index (χ0v) is 12.1. The van der Waals surface area contributed by atoms with Crippen molar-refractivity contribution in [1.29, 1.82) is 0 Å². The number of halogens is 1. The highest BCUT2D eigenvalue weighted by molar-refractivity contribution is 9.09. The molecule has 1 amide bonds. The van der Waals surface area contributed by atoms with Crippen molar-refractivity contribution in [1.82, 2.24) is 5.32 Å². The summed E-state index contributed by atoms with van der Waals surface area (Å²) in [4.78, 5) is 12.1.